The van der Waals surface area contributed by atoms with Gasteiger partial charge in [0.05, 0.1) is 6.42 Å². The molecule has 0 radical (unpaired) electrons. The van der Waals surface area contributed by atoms with Crippen LogP contribution in [0.5, 0.6) is 0 Å². The Balaban J connectivity index is 2.25. The maximum absolute atomic E-state index is 11.7. The van der Waals surface area contributed by atoms with Crippen LogP contribution in [0.1, 0.15) is 31.9 Å². The van der Waals surface area contributed by atoms with Crippen molar-refractivity contribution in [3.63, 3.8) is 0 Å². The molecule has 18 heavy (non-hydrogen) atoms. The van der Waals surface area contributed by atoms with Crippen LogP contribution in [0.3, 0.4) is 0 Å². The summed E-state index contributed by atoms with van der Waals surface area (Å²) in [4.78, 5) is 26.1. The van der Waals surface area contributed by atoms with Crippen LogP contribution in [0.15, 0.2) is 24.4 Å². The number of rotatable bonds is 7. The molecule has 0 spiro atoms. The molecule has 0 aliphatic rings. The van der Waals surface area contributed by atoms with Crippen LogP contribution in [0, 0.1) is 0 Å². The van der Waals surface area contributed by atoms with Crippen molar-refractivity contribution in [2.75, 3.05) is 0 Å². The third-order valence-corrected chi connectivity index (χ3v) is 2.50. The van der Waals surface area contributed by atoms with Crippen molar-refractivity contribution < 1.29 is 14.7 Å². The maximum atomic E-state index is 11.7. The highest BCUT2D eigenvalue weighted by atomic mass is 16.4. The number of nitrogens with one attached hydrogen (secondary N) is 1. The van der Waals surface area contributed by atoms with Crippen molar-refractivity contribution in [1.29, 1.82) is 0 Å². The number of hydrogen-bond donors (Lipinski definition) is 2. The molecule has 1 aromatic rings. The van der Waals surface area contributed by atoms with E-state index in [9.17, 15) is 9.59 Å². The zero-order chi connectivity index (χ0) is 13.4. The van der Waals surface area contributed by atoms with Crippen LogP contribution in [0.4, 0.5) is 0 Å². The molecule has 0 saturated carbocycles. The number of hydrogen-bond acceptors (Lipinski definition) is 3. The van der Waals surface area contributed by atoms with E-state index < -0.39 is 5.97 Å². The summed E-state index contributed by atoms with van der Waals surface area (Å²) < 4.78 is 0. The number of carboxylic acids is 1. The van der Waals surface area contributed by atoms with E-state index in [-0.39, 0.29) is 24.8 Å². The van der Waals surface area contributed by atoms with E-state index in [0.29, 0.717) is 12.8 Å². The second kappa shape index (κ2) is 7.42. The van der Waals surface area contributed by atoms with Gasteiger partial charge in [0.25, 0.3) is 0 Å². The molecule has 0 aliphatic carbocycles. The van der Waals surface area contributed by atoms with Crippen LogP contribution in [0.25, 0.3) is 0 Å². The molecular formula is C13H18N2O3. The van der Waals surface area contributed by atoms with Gasteiger partial charge < -0.3 is 10.4 Å². The van der Waals surface area contributed by atoms with E-state index >= 15 is 0 Å². The van der Waals surface area contributed by atoms with Gasteiger partial charge in [-0.1, -0.05) is 6.07 Å². The van der Waals surface area contributed by atoms with E-state index in [1.807, 2.05) is 13.0 Å². The smallest absolute Gasteiger partial charge is 0.303 e. The predicted octanol–water partition coefficient (Wildman–Crippen LogP) is 1.38. The van der Waals surface area contributed by atoms with Gasteiger partial charge in [0, 0.05) is 24.4 Å². The Hall–Kier alpha value is -1.91. The Labute approximate surface area is 106 Å². The Bertz CT molecular complexity index is 392. The molecule has 0 aliphatic heterocycles. The summed E-state index contributed by atoms with van der Waals surface area (Å²) in [5.41, 5.74) is 0.729. The third-order valence-electron chi connectivity index (χ3n) is 2.50. The highest BCUT2D eigenvalue weighted by molar-refractivity contribution is 5.78. The van der Waals surface area contributed by atoms with Gasteiger partial charge in [-0.15, -0.1) is 0 Å². The number of carboxylic acid groups (broad SMARTS) is 1. The number of aromatic nitrogens is 1. The Morgan fingerprint density at radius 3 is 2.83 bits per heavy atom. The lowest BCUT2D eigenvalue weighted by molar-refractivity contribution is -0.137. The van der Waals surface area contributed by atoms with Gasteiger partial charge in [0.1, 0.15) is 0 Å². The third kappa shape index (κ3) is 5.98. The van der Waals surface area contributed by atoms with Crippen LogP contribution in [0.2, 0.25) is 0 Å². The minimum absolute atomic E-state index is 0.0134. The summed E-state index contributed by atoms with van der Waals surface area (Å²) in [6.07, 6.45) is 3.28. The molecule has 1 heterocycles. The van der Waals surface area contributed by atoms with E-state index in [0.717, 1.165) is 5.69 Å². The van der Waals surface area contributed by atoms with Crippen molar-refractivity contribution in [3.8, 4) is 0 Å². The highest BCUT2D eigenvalue weighted by Gasteiger charge is 2.09. The molecule has 5 nitrogen and oxygen atoms in total. The van der Waals surface area contributed by atoms with Gasteiger partial charge >= 0.3 is 5.97 Å². The zero-order valence-corrected chi connectivity index (χ0v) is 10.4. The zero-order valence-electron chi connectivity index (χ0n) is 10.4. The summed E-state index contributed by atoms with van der Waals surface area (Å²) >= 11 is 0. The fourth-order valence-electron chi connectivity index (χ4n) is 1.62. The molecule has 1 rings (SSSR count). The molecular weight excluding hydrogens is 232 g/mol. The largest absolute Gasteiger partial charge is 0.481 e. The SMILES string of the molecule is CC(CCCC(=O)O)NC(=O)Cc1ccccn1. The van der Waals surface area contributed by atoms with Gasteiger partial charge in [-0.3, -0.25) is 14.6 Å². The van der Waals surface area contributed by atoms with Gasteiger partial charge in [0.15, 0.2) is 0 Å². The lowest BCUT2D eigenvalue weighted by Gasteiger charge is -2.12. The van der Waals surface area contributed by atoms with Crippen LogP contribution < -0.4 is 5.32 Å². The highest BCUT2D eigenvalue weighted by Crippen LogP contribution is 2.01. The first-order valence-corrected chi connectivity index (χ1v) is 5.99. The Morgan fingerprint density at radius 1 is 1.44 bits per heavy atom. The van der Waals surface area contributed by atoms with Gasteiger partial charge in [-0.25, -0.2) is 0 Å². The molecule has 0 aromatic carbocycles. The van der Waals surface area contributed by atoms with E-state index in [4.69, 9.17) is 5.11 Å². The quantitative estimate of drug-likeness (QED) is 0.766. The van der Waals surface area contributed by atoms with Gasteiger partial charge in [-0.05, 0) is 31.9 Å². The van der Waals surface area contributed by atoms with E-state index in [2.05, 4.69) is 10.3 Å². The number of carbonyl (C=O) groups is 2. The van der Waals surface area contributed by atoms with E-state index in [1.165, 1.54) is 0 Å². The second-order valence-electron chi connectivity index (χ2n) is 4.25. The summed E-state index contributed by atoms with van der Waals surface area (Å²) in [7, 11) is 0. The summed E-state index contributed by atoms with van der Waals surface area (Å²) in [6, 6.07) is 5.43. The average Bonchev–Trinajstić information content (AvgIpc) is 2.29. The van der Waals surface area contributed by atoms with Gasteiger partial charge in [-0.2, -0.15) is 0 Å². The second-order valence-corrected chi connectivity index (χ2v) is 4.25. The summed E-state index contributed by atoms with van der Waals surface area (Å²) in [5, 5.41) is 11.3. The molecule has 1 amide bonds. The molecule has 98 valence electrons. The summed E-state index contributed by atoms with van der Waals surface area (Å²) in [6.45, 7) is 1.87. The minimum Gasteiger partial charge on any atom is -0.481 e. The first kappa shape index (κ1) is 14.2. The number of amides is 1. The molecule has 2 N–H and O–H groups in total. The Kier molecular flexibility index (Phi) is 5.84. The van der Waals surface area contributed by atoms with Crippen LogP contribution in [-0.4, -0.2) is 28.0 Å². The van der Waals surface area contributed by atoms with Crippen molar-refractivity contribution >= 4 is 11.9 Å². The Morgan fingerprint density at radius 2 is 2.22 bits per heavy atom. The average molecular weight is 250 g/mol. The molecule has 0 saturated heterocycles. The first-order chi connectivity index (χ1) is 8.58. The molecule has 0 bridgehead atoms. The van der Waals surface area contributed by atoms with E-state index in [1.54, 1.807) is 18.3 Å². The van der Waals surface area contributed by atoms with Crippen LogP contribution >= 0.6 is 0 Å². The summed E-state index contributed by atoms with van der Waals surface area (Å²) in [5.74, 6) is -0.890. The van der Waals surface area contributed by atoms with Crippen LogP contribution in [-0.2, 0) is 16.0 Å². The topological polar surface area (TPSA) is 79.3 Å². The molecule has 0 fully saturated rings. The van der Waals surface area contributed by atoms with Crippen molar-refractivity contribution in [2.45, 2.75) is 38.6 Å². The molecule has 5 heteroatoms. The van der Waals surface area contributed by atoms with Gasteiger partial charge in [0.2, 0.25) is 5.91 Å². The van der Waals surface area contributed by atoms with Crippen molar-refractivity contribution in [2.24, 2.45) is 0 Å². The predicted molar refractivity (Wildman–Crippen MR) is 67.0 cm³/mol. The number of nitrogens with zero attached hydrogens (tertiary/aromatic N) is 1. The fourth-order valence-corrected chi connectivity index (χ4v) is 1.62. The van der Waals surface area contributed by atoms with Crippen molar-refractivity contribution in [1.82, 2.24) is 10.3 Å². The fraction of sp³-hybridized carbons (Fsp3) is 0.462. The number of aliphatic carboxylic acids is 1. The maximum Gasteiger partial charge on any atom is 0.303 e. The van der Waals surface area contributed by atoms with Crippen molar-refractivity contribution in [3.05, 3.63) is 30.1 Å². The standard InChI is InChI=1S/C13H18N2O3/c1-10(5-4-7-13(17)18)15-12(16)9-11-6-2-3-8-14-11/h2-3,6,8,10H,4-5,7,9H2,1H3,(H,15,16)(H,17,18). The molecule has 1 atom stereocenters. The minimum atomic E-state index is -0.804. The first-order valence-electron chi connectivity index (χ1n) is 5.99. The number of carbonyl (C=O) groups excluding carboxylic acids is 1. The molecule has 1 unspecified atom stereocenters. The monoisotopic (exact) mass is 250 g/mol. The lowest BCUT2D eigenvalue weighted by Crippen LogP contribution is -2.33. The lowest BCUT2D eigenvalue weighted by atomic mass is 10.1. The number of pyridine rings is 1. The molecule has 1 aromatic heterocycles. The normalized spacial score (nSPS) is 11.8.